The monoisotopic (exact) mass is 280 g/mol. The lowest BCUT2D eigenvalue weighted by Crippen LogP contribution is -2.41. The second kappa shape index (κ2) is 6.02. The Labute approximate surface area is 113 Å². The molecule has 0 spiro atoms. The van der Waals surface area contributed by atoms with Gasteiger partial charge in [0.15, 0.2) is 11.5 Å². The lowest BCUT2D eigenvalue weighted by molar-refractivity contribution is -0.139. The average Bonchev–Trinajstić information content (AvgIpc) is 3.08. The summed E-state index contributed by atoms with van der Waals surface area (Å²) in [5.74, 6) is -1.27. The Morgan fingerprint density at radius 2 is 2.20 bits per heavy atom. The number of rotatable bonds is 6. The van der Waals surface area contributed by atoms with E-state index in [-0.39, 0.29) is 24.5 Å². The number of nitrogens with zero attached hydrogens (tertiary/aromatic N) is 1. The SMILES string of the molecule is O=C(N[C@H](CCO)C(=O)O)c1cc(-c2ccco2)on1. The Kier molecular flexibility index (Phi) is 4.16. The molecule has 0 radical (unpaired) electrons. The van der Waals surface area contributed by atoms with Crippen LogP contribution in [0.3, 0.4) is 0 Å². The number of aromatic nitrogens is 1. The van der Waals surface area contributed by atoms with E-state index >= 15 is 0 Å². The zero-order valence-corrected chi connectivity index (χ0v) is 10.3. The van der Waals surface area contributed by atoms with Crippen molar-refractivity contribution in [1.82, 2.24) is 10.5 Å². The fourth-order valence-electron chi connectivity index (χ4n) is 1.54. The molecule has 2 aromatic rings. The number of nitrogens with one attached hydrogen (secondary N) is 1. The summed E-state index contributed by atoms with van der Waals surface area (Å²) in [4.78, 5) is 22.7. The third kappa shape index (κ3) is 3.04. The highest BCUT2D eigenvalue weighted by molar-refractivity contribution is 5.95. The van der Waals surface area contributed by atoms with Gasteiger partial charge in [0.2, 0.25) is 5.76 Å². The molecule has 20 heavy (non-hydrogen) atoms. The molecule has 2 aromatic heterocycles. The van der Waals surface area contributed by atoms with Crippen molar-refractivity contribution >= 4 is 11.9 Å². The van der Waals surface area contributed by atoms with Crippen LogP contribution in [0.5, 0.6) is 0 Å². The van der Waals surface area contributed by atoms with Crippen LogP contribution in [0, 0.1) is 0 Å². The molecule has 0 bridgehead atoms. The summed E-state index contributed by atoms with van der Waals surface area (Å²) in [7, 11) is 0. The number of carbonyl (C=O) groups excluding carboxylic acids is 1. The van der Waals surface area contributed by atoms with Gasteiger partial charge in [0.25, 0.3) is 5.91 Å². The summed E-state index contributed by atoms with van der Waals surface area (Å²) < 4.78 is 10.0. The van der Waals surface area contributed by atoms with Crippen LogP contribution in [0.25, 0.3) is 11.5 Å². The van der Waals surface area contributed by atoms with Crippen LogP contribution in [0.1, 0.15) is 16.9 Å². The van der Waals surface area contributed by atoms with E-state index in [1.54, 1.807) is 12.1 Å². The van der Waals surface area contributed by atoms with Crippen LogP contribution >= 0.6 is 0 Å². The Balaban J connectivity index is 2.08. The molecule has 1 atom stereocenters. The zero-order chi connectivity index (χ0) is 14.5. The van der Waals surface area contributed by atoms with E-state index in [0.29, 0.717) is 5.76 Å². The first-order valence-electron chi connectivity index (χ1n) is 5.77. The first-order valence-corrected chi connectivity index (χ1v) is 5.77. The van der Waals surface area contributed by atoms with Gasteiger partial charge in [0.1, 0.15) is 6.04 Å². The van der Waals surface area contributed by atoms with Crippen LogP contribution in [0.2, 0.25) is 0 Å². The van der Waals surface area contributed by atoms with Crippen molar-refractivity contribution in [3.05, 3.63) is 30.2 Å². The largest absolute Gasteiger partial charge is 0.480 e. The summed E-state index contributed by atoms with van der Waals surface area (Å²) >= 11 is 0. The zero-order valence-electron chi connectivity index (χ0n) is 10.3. The molecule has 0 saturated carbocycles. The summed E-state index contributed by atoms with van der Waals surface area (Å²) in [6.07, 6.45) is 1.35. The number of hydrogen-bond donors (Lipinski definition) is 3. The molecule has 8 nitrogen and oxygen atoms in total. The van der Waals surface area contributed by atoms with Crippen LogP contribution in [-0.4, -0.2) is 39.9 Å². The minimum atomic E-state index is -1.23. The van der Waals surface area contributed by atoms with Crippen LogP contribution in [0.4, 0.5) is 0 Å². The minimum Gasteiger partial charge on any atom is -0.480 e. The quantitative estimate of drug-likeness (QED) is 0.703. The number of furan rings is 1. The average molecular weight is 280 g/mol. The second-order valence-electron chi connectivity index (χ2n) is 3.93. The number of carboxylic acid groups (broad SMARTS) is 1. The molecule has 1 amide bonds. The van der Waals surface area contributed by atoms with Gasteiger partial charge in [-0.15, -0.1) is 0 Å². The summed E-state index contributed by atoms with van der Waals surface area (Å²) in [5.41, 5.74) is -0.0689. The van der Waals surface area contributed by atoms with Crippen molar-refractivity contribution in [2.24, 2.45) is 0 Å². The molecule has 2 rings (SSSR count). The van der Waals surface area contributed by atoms with Gasteiger partial charge in [0.05, 0.1) is 6.26 Å². The van der Waals surface area contributed by atoms with Crippen molar-refractivity contribution < 1.29 is 28.7 Å². The number of aliphatic carboxylic acids is 1. The van der Waals surface area contributed by atoms with Crippen molar-refractivity contribution in [3.8, 4) is 11.5 Å². The predicted molar refractivity (Wildman–Crippen MR) is 64.8 cm³/mol. The van der Waals surface area contributed by atoms with Crippen LogP contribution < -0.4 is 5.32 Å². The van der Waals surface area contributed by atoms with E-state index in [0.717, 1.165) is 0 Å². The van der Waals surface area contributed by atoms with E-state index < -0.39 is 17.9 Å². The van der Waals surface area contributed by atoms with E-state index in [2.05, 4.69) is 10.5 Å². The molecule has 0 aliphatic carbocycles. The fraction of sp³-hybridized carbons (Fsp3) is 0.250. The summed E-state index contributed by atoms with van der Waals surface area (Å²) in [5, 5.41) is 23.4. The molecule has 0 saturated heterocycles. The Morgan fingerprint density at radius 3 is 2.80 bits per heavy atom. The van der Waals surface area contributed by atoms with Gasteiger partial charge < -0.3 is 24.5 Å². The van der Waals surface area contributed by atoms with Crippen molar-refractivity contribution in [3.63, 3.8) is 0 Å². The summed E-state index contributed by atoms with van der Waals surface area (Å²) in [6, 6.07) is 3.44. The normalized spacial score (nSPS) is 12.1. The van der Waals surface area contributed by atoms with Crippen LogP contribution in [-0.2, 0) is 4.79 Å². The van der Waals surface area contributed by atoms with Crippen LogP contribution in [0.15, 0.2) is 33.4 Å². The van der Waals surface area contributed by atoms with E-state index in [4.69, 9.17) is 19.2 Å². The standard InChI is InChI=1S/C12H12N2O6/c15-4-3-7(12(17)18)13-11(16)8-6-10(20-14-8)9-2-1-5-19-9/h1-2,5-7,15H,3-4H2,(H,13,16)(H,17,18)/t7-/m1/s1. The second-order valence-corrected chi connectivity index (χ2v) is 3.93. The molecule has 0 aromatic carbocycles. The topological polar surface area (TPSA) is 126 Å². The molecule has 3 N–H and O–H groups in total. The van der Waals surface area contributed by atoms with Gasteiger partial charge >= 0.3 is 5.97 Å². The summed E-state index contributed by atoms with van der Waals surface area (Å²) in [6.45, 7) is -0.353. The maximum absolute atomic E-state index is 11.8. The van der Waals surface area contributed by atoms with E-state index in [1.807, 2.05) is 0 Å². The number of carbonyl (C=O) groups is 2. The van der Waals surface area contributed by atoms with Gasteiger partial charge in [-0.2, -0.15) is 0 Å². The first kappa shape index (κ1) is 13.8. The van der Waals surface area contributed by atoms with Gasteiger partial charge in [-0.1, -0.05) is 5.16 Å². The third-order valence-corrected chi connectivity index (χ3v) is 2.53. The highest BCUT2D eigenvalue weighted by Crippen LogP contribution is 2.20. The van der Waals surface area contributed by atoms with Crippen molar-refractivity contribution in [2.75, 3.05) is 6.61 Å². The highest BCUT2D eigenvalue weighted by atomic mass is 16.5. The van der Waals surface area contributed by atoms with Gasteiger partial charge in [0, 0.05) is 19.1 Å². The van der Waals surface area contributed by atoms with Gasteiger partial charge in [-0.25, -0.2) is 4.79 Å². The molecule has 2 heterocycles. The highest BCUT2D eigenvalue weighted by Gasteiger charge is 2.22. The minimum absolute atomic E-state index is 0.0689. The first-order chi connectivity index (χ1) is 9.61. The predicted octanol–water partition coefficient (Wildman–Crippen LogP) is 0.500. The fourth-order valence-corrected chi connectivity index (χ4v) is 1.54. The number of aliphatic hydroxyl groups excluding tert-OH is 1. The molecule has 0 aliphatic heterocycles. The Bertz CT molecular complexity index is 589. The lowest BCUT2D eigenvalue weighted by Gasteiger charge is -2.11. The molecule has 8 heteroatoms. The van der Waals surface area contributed by atoms with Gasteiger partial charge in [-0.3, -0.25) is 4.79 Å². The smallest absolute Gasteiger partial charge is 0.326 e. The lowest BCUT2D eigenvalue weighted by atomic mass is 10.2. The number of hydrogen-bond acceptors (Lipinski definition) is 6. The molecule has 106 valence electrons. The number of aliphatic hydroxyl groups is 1. The van der Waals surface area contributed by atoms with Gasteiger partial charge in [-0.05, 0) is 12.1 Å². The molecular weight excluding hydrogens is 268 g/mol. The number of amides is 1. The molecule has 0 fully saturated rings. The maximum Gasteiger partial charge on any atom is 0.326 e. The Morgan fingerprint density at radius 1 is 1.40 bits per heavy atom. The maximum atomic E-state index is 11.8. The Hall–Kier alpha value is -2.61. The van der Waals surface area contributed by atoms with Crippen molar-refractivity contribution in [2.45, 2.75) is 12.5 Å². The van der Waals surface area contributed by atoms with E-state index in [1.165, 1.54) is 12.3 Å². The number of carboxylic acids is 1. The molecule has 0 aliphatic rings. The molecular formula is C12H12N2O6. The third-order valence-electron chi connectivity index (χ3n) is 2.53. The van der Waals surface area contributed by atoms with E-state index in [9.17, 15) is 9.59 Å². The molecule has 0 unspecified atom stereocenters. The van der Waals surface area contributed by atoms with Crippen molar-refractivity contribution in [1.29, 1.82) is 0 Å².